The van der Waals surface area contributed by atoms with Crippen LogP contribution in [0.1, 0.15) is 219 Å². The largest absolute Gasteiger partial charge is 0.472 e. The van der Waals surface area contributed by atoms with Crippen LogP contribution < -0.4 is 0 Å². The molecule has 2 atom stereocenters. The first-order chi connectivity index (χ1) is 24.8. The van der Waals surface area contributed by atoms with E-state index in [0.717, 1.165) is 45.6 Å². The summed E-state index contributed by atoms with van der Waals surface area (Å²) >= 11 is 0. The normalized spacial score (nSPS) is 13.4. The first-order valence-electron chi connectivity index (χ1n) is 21.4. The quantitative estimate of drug-likeness (QED) is 0.0286. The van der Waals surface area contributed by atoms with Crippen LogP contribution in [0, 0.1) is 0 Å². The van der Waals surface area contributed by atoms with Gasteiger partial charge in [-0.15, -0.1) is 0 Å². The van der Waals surface area contributed by atoms with Crippen molar-refractivity contribution in [2.24, 2.45) is 0 Å². The smallest absolute Gasteiger partial charge is 0.462 e. The predicted octanol–water partition coefficient (Wildman–Crippen LogP) is 13.3. The van der Waals surface area contributed by atoms with Crippen molar-refractivity contribution in [1.82, 2.24) is 0 Å². The van der Waals surface area contributed by atoms with Gasteiger partial charge in [0.15, 0.2) is 6.10 Å². The molecule has 0 aliphatic rings. The summed E-state index contributed by atoms with van der Waals surface area (Å²) in [5, 5.41) is 0. The average Bonchev–Trinajstić information content (AvgIpc) is 3.12. The highest BCUT2D eigenvalue weighted by atomic mass is 31.2. The number of carbonyl (C=O) groups is 2. The number of phosphoric ester groups is 1. The Balaban J connectivity index is 3.86. The summed E-state index contributed by atoms with van der Waals surface area (Å²) < 4.78 is 31.9. The zero-order valence-electron chi connectivity index (χ0n) is 33.5. The first-order valence-corrected chi connectivity index (χ1v) is 22.9. The van der Waals surface area contributed by atoms with Crippen molar-refractivity contribution >= 4 is 19.8 Å². The molecular formula is C42H81O8P. The van der Waals surface area contributed by atoms with Crippen LogP contribution in [0.4, 0.5) is 0 Å². The fraction of sp³-hybridized carbons (Fsp3) is 0.905. The molecule has 0 aromatic heterocycles. The van der Waals surface area contributed by atoms with Gasteiger partial charge in [-0.25, -0.2) is 4.57 Å². The van der Waals surface area contributed by atoms with Gasteiger partial charge in [-0.3, -0.25) is 18.6 Å². The molecule has 0 bridgehead atoms. The Morgan fingerprint density at radius 1 is 0.529 bits per heavy atom. The molecule has 0 fully saturated rings. The van der Waals surface area contributed by atoms with Crippen LogP contribution in [-0.4, -0.2) is 43.3 Å². The van der Waals surface area contributed by atoms with Crippen LogP contribution in [-0.2, 0) is 32.7 Å². The van der Waals surface area contributed by atoms with Gasteiger partial charge in [-0.05, 0) is 38.5 Å². The summed E-state index contributed by atoms with van der Waals surface area (Å²) in [6, 6.07) is 0. The fourth-order valence-electron chi connectivity index (χ4n) is 6.18. The van der Waals surface area contributed by atoms with E-state index in [0.29, 0.717) is 6.42 Å². The molecule has 0 rings (SSSR count). The number of carbonyl (C=O) groups excluding carboxylic acids is 2. The summed E-state index contributed by atoms with van der Waals surface area (Å²) in [6.07, 6.45) is 41.4. The average molecular weight is 745 g/mol. The number of hydrogen-bond donors (Lipinski definition) is 1. The second kappa shape index (κ2) is 38.5. The van der Waals surface area contributed by atoms with E-state index in [9.17, 15) is 19.0 Å². The lowest BCUT2D eigenvalue weighted by molar-refractivity contribution is -0.161. The highest BCUT2D eigenvalue weighted by molar-refractivity contribution is 7.47. The molecule has 8 nitrogen and oxygen atoms in total. The van der Waals surface area contributed by atoms with Crippen molar-refractivity contribution in [3.63, 3.8) is 0 Å². The highest BCUT2D eigenvalue weighted by Crippen LogP contribution is 2.42. The third-order valence-electron chi connectivity index (χ3n) is 9.51. The summed E-state index contributed by atoms with van der Waals surface area (Å²) in [7, 11) is -3.19. The zero-order chi connectivity index (χ0) is 37.5. The third-order valence-corrected chi connectivity index (χ3v) is 10.4. The molecule has 0 saturated carbocycles. The van der Waals surface area contributed by atoms with Crippen LogP contribution in [0.15, 0.2) is 12.2 Å². The molecule has 0 aliphatic heterocycles. The molecule has 0 aliphatic carbocycles. The molecule has 0 spiro atoms. The van der Waals surface area contributed by atoms with E-state index >= 15 is 0 Å². The van der Waals surface area contributed by atoms with Crippen LogP contribution in [0.2, 0.25) is 0 Å². The maximum absolute atomic E-state index is 12.5. The van der Waals surface area contributed by atoms with Crippen LogP contribution in [0.5, 0.6) is 0 Å². The van der Waals surface area contributed by atoms with Gasteiger partial charge in [-0.2, -0.15) is 0 Å². The van der Waals surface area contributed by atoms with Gasteiger partial charge in [-0.1, -0.05) is 180 Å². The highest BCUT2D eigenvalue weighted by Gasteiger charge is 2.24. The van der Waals surface area contributed by atoms with Gasteiger partial charge < -0.3 is 14.4 Å². The Hall–Kier alpha value is -1.21. The number of unbranched alkanes of at least 4 members (excludes halogenated alkanes) is 27. The maximum Gasteiger partial charge on any atom is 0.472 e. The molecule has 302 valence electrons. The molecular weight excluding hydrogens is 663 g/mol. The number of esters is 2. The molecule has 51 heavy (non-hydrogen) atoms. The van der Waals surface area contributed by atoms with Crippen molar-refractivity contribution in [3.05, 3.63) is 12.2 Å². The standard InChI is InChI=1S/C42H81O8P/c1-4-6-8-10-12-14-15-16-17-18-19-20-21-22-23-24-25-26-27-29-31-33-35-37-42(44)50-40(39-49-51(45,46)47-3)38-48-41(43)36-34-32-30-28-13-11-9-7-5-2/h18-19,40H,4-17,20-39H2,1-3H3,(H,45,46)/b19-18-. The Labute approximate surface area is 314 Å². The summed E-state index contributed by atoms with van der Waals surface area (Å²) in [6.45, 7) is 3.88. The molecule has 1 N–H and O–H groups in total. The predicted molar refractivity (Wildman–Crippen MR) is 212 cm³/mol. The minimum Gasteiger partial charge on any atom is -0.462 e. The number of phosphoric acid groups is 1. The van der Waals surface area contributed by atoms with E-state index in [1.807, 2.05) is 0 Å². The third kappa shape index (κ3) is 38.3. The topological polar surface area (TPSA) is 108 Å². The molecule has 0 aromatic rings. The minimum atomic E-state index is -4.25. The van der Waals surface area contributed by atoms with Crippen molar-refractivity contribution in [1.29, 1.82) is 0 Å². The second-order valence-electron chi connectivity index (χ2n) is 14.5. The van der Waals surface area contributed by atoms with Gasteiger partial charge in [0.1, 0.15) is 6.61 Å². The van der Waals surface area contributed by atoms with E-state index in [2.05, 4.69) is 30.5 Å². The van der Waals surface area contributed by atoms with Gasteiger partial charge in [0.05, 0.1) is 6.61 Å². The van der Waals surface area contributed by atoms with Crippen molar-refractivity contribution in [2.45, 2.75) is 225 Å². The van der Waals surface area contributed by atoms with E-state index in [-0.39, 0.29) is 19.0 Å². The Bertz CT molecular complexity index is 849. The molecule has 9 heteroatoms. The van der Waals surface area contributed by atoms with Gasteiger partial charge in [0.2, 0.25) is 0 Å². The molecule has 0 amide bonds. The fourth-order valence-corrected chi connectivity index (χ4v) is 6.64. The Kier molecular flexibility index (Phi) is 37.6. The Morgan fingerprint density at radius 2 is 0.882 bits per heavy atom. The van der Waals surface area contributed by atoms with E-state index in [4.69, 9.17) is 14.0 Å². The molecule has 2 unspecified atom stereocenters. The lowest BCUT2D eigenvalue weighted by Crippen LogP contribution is -2.29. The van der Waals surface area contributed by atoms with Crippen LogP contribution >= 0.6 is 7.82 Å². The van der Waals surface area contributed by atoms with Crippen LogP contribution in [0.3, 0.4) is 0 Å². The zero-order valence-corrected chi connectivity index (χ0v) is 34.4. The van der Waals surface area contributed by atoms with Crippen molar-refractivity contribution < 1.29 is 37.6 Å². The minimum absolute atomic E-state index is 0.220. The van der Waals surface area contributed by atoms with E-state index in [1.165, 1.54) is 154 Å². The van der Waals surface area contributed by atoms with E-state index < -0.39 is 26.5 Å². The molecule has 0 aromatic carbocycles. The summed E-state index contributed by atoms with van der Waals surface area (Å²) in [5.41, 5.74) is 0. The van der Waals surface area contributed by atoms with Gasteiger partial charge in [0.25, 0.3) is 0 Å². The van der Waals surface area contributed by atoms with Crippen LogP contribution in [0.25, 0.3) is 0 Å². The Morgan fingerprint density at radius 3 is 1.27 bits per heavy atom. The number of rotatable bonds is 40. The molecule has 0 radical (unpaired) electrons. The maximum atomic E-state index is 12.5. The second-order valence-corrected chi connectivity index (χ2v) is 16.0. The van der Waals surface area contributed by atoms with Gasteiger partial charge in [0, 0.05) is 20.0 Å². The lowest BCUT2D eigenvalue weighted by atomic mass is 10.0. The lowest BCUT2D eigenvalue weighted by Gasteiger charge is -2.19. The summed E-state index contributed by atoms with van der Waals surface area (Å²) in [5.74, 6) is -0.798. The molecule has 0 saturated heterocycles. The molecule has 0 heterocycles. The van der Waals surface area contributed by atoms with Crippen molar-refractivity contribution in [2.75, 3.05) is 20.3 Å². The SMILES string of the molecule is CCCCCCCCCC/C=C\CCCCCCCCCCCCCC(=O)OC(COC(=O)CCCCCCCCCCC)COP(=O)(O)OC. The first kappa shape index (κ1) is 49.8. The summed E-state index contributed by atoms with van der Waals surface area (Å²) in [4.78, 5) is 34.3. The van der Waals surface area contributed by atoms with Crippen molar-refractivity contribution in [3.8, 4) is 0 Å². The van der Waals surface area contributed by atoms with E-state index in [1.54, 1.807) is 0 Å². The number of ether oxygens (including phenoxy) is 2. The van der Waals surface area contributed by atoms with Gasteiger partial charge >= 0.3 is 19.8 Å². The number of allylic oxidation sites excluding steroid dienone is 2. The monoisotopic (exact) mass is 745 g/mol. The number of hydrogen-bond acceptors (Lipinski definition) is 7.